The zero-order chi connectivity index (χ0) is 16.1. The molecule has 0 heterocycles. The highest BCUT2D eigenvalue weighted by atomic mass is 19.4. The molecular formula is C16H25F3N2. The van der Waals surface area contributed by atoms with E-state index in [0.717, 1.165) is 25.5 Å². The maximum Gasteiger partial charge on any atom is 0.416 e. The van der Waals surface area contributed by atoms with Crippen LogP contribution in [0.5, 0.6) is 0 Å². The van der Waals surface area contributed by atoms with Crippen molar-refractivity contribution in [2.75, 3.05) is 13.1 Å². The Morgan fingerprint density at radius 3 is 2.33 bits per heavy atom. The first-order valence-electron chi connectivity index (χ1n) is 7.38. The lowest BCUT2D eigenvalue weighted by Crippen LogP contribution is -2.51. The minimum Gasteiger partial charge on any atom is -0.329 e. The molecule has 0 radical (unpaired) electrons. The fourth-order valence-corrected chi connectivity index (χ4v) is 2.37. The summed E-state index contributed by atoms with van der Waals surface area (Å²) in [6, 6.07) is 5.55. The minimum absolute atomic E-state index is 0.190. The van der Waals surface area contributed by atoms with E-state index >= 15 is 0 Å². The summed E-state index contributed by atoms with van der Waals surface area (Å²) < 4.78 is 38.4. The van der Waals surface area contributed by atoms with Crippen molar-refractivity contribution in [2.24, 2.45) is 5.73 Å². The van der Waals surface area contributed by atoms with Crippen LogP contribution >= 0.6 is 0 Å². The van der Waals surface area contributed by atoms with Crippen molar-refractivity contribution in [1.82, 2.24) is 4.90 Å². The van der Waals surface area contributed by atoms with E-state index in [9.17, 15) is 13.2 Å². The lowest BCUT2D eigenvalue weighted by molar-refractivity contribution is -0.137. The molecule has 0 fully saturated rings. The van der Waals surface area contributed by atoms with Crippen molar-refractivity contribution in [3.63, 3.8) is 0 Å². The molecule has 0 aliphatic heterocycles. The maximum absolute atomic E-state index is 12.8. The van der Waals surface area contributed by atoms with E-state index in [1.807, 2.05) is 0 Å². The fraction of sp³-hybridized carbons (Fsp3) is 0.625. The lowest BCUT2D eigenvalue weighted by Gasteiger charge is -2.40. The van der Waals surface area contributed by atoms with Crippen LogP contribution in [0.2, 0.25) is 0 Å². The Morgan fingerprint density at radius 2 is 1.86 bits per heavy atom. The second-order valence-electron chi connectivity index (χ2n) is 5.67. The number of hydrogen-bond donors (Lipinski definition) is 1. The Labute approximate surface area is 125 Å². The molecule has 0 bridgehead atoms. The molecule has 0 aromatic heterocycles. The van der Waals surface area contributed by atoms with Gasteiger partial charge in [-0.15, -0.1) is 0 Å². The SMILES string of the molecule is CCCN(Cc1cccc(C(F)(F)F)c1)C(C)(CC)CN. The van der Waals surface area contributed by atoms with Crippen LogP contribution in [-0.2, 0) is 12.7 Å². The molecule has 0 amide bonds. The molecule has 1 rings (SSSR count). The summed E-state index contributed by atoms with van der Waals surface area (Å²) in [5, 5.41) is 0. The van der Waals surface area contributed by atoms with Gasteiger partial charge in [0.05, 0.1) is 5.56 Å². The molecule has 0 saturated heterocycles. The van der Waals surface area contributed by atoms with Crippen LogP contribution in [0, 0.1) is 0 Å². The summed E-state index contributed by atoms with van der Waals surface area (Å²) in [6.07, 6.45) is -2.50. The van der Waals surface area contributed by atoms with E-state index in [-0.39, 0.29) is 5.54 Å². The number of nitrogens with zero attached hydrogens (tertiary/aromatic N) is 1. The topological polar surface area (TPSA) is 29.3 Å². The monoisotopic (exact) mass is 302 g/mol. The molecule has 5 heteroatoms. The number of alkyl halides is 3. The Kier molecular flexibility index (Phi) is 6.23. The van der Waals surface area contributed by atoms with Crippen molar-refractivity contribution >= 4 is 0 Å². The van der Waals surface area contributed by atoms with Crippen LogP contribution in [-0.4, -0.2) is 23.5 Å². The molecule has 0 aliphatic rings. The number of rotatable bonds is 7. The van der Waals surface area contributed by atoms with E-state index in [4.69, 9.17) is 5.73 Å². The van der Waals surface area contributed by atoms with Gasteiger partial charge in [-0.25, -0.2) is 0 Å². The van der Waals surface area contributed by atoms with Crippen LogP contribution in [0.3, 0.4) is 0 Å². The van der Waals surface area contributed by atoms with Crippen LogP contribution in [0.15, 0.2) is 24.3 Å². The Hall–Kier alpha value is -1.07. The van der Waals surface area contributed by atoms with Crippen LogP contribution in [0.4, 0.5) is 13.2 Å². The van der Waals surface area contributed by atoms with Crippen molar-refractivity contribution in [3.05, 3.63) is 35.4 Å². The molecule has 1 unspecified atom stereocenters. The largest absolute Gasteiger partial charge is 0.416 e. The summed E-state index contributed by atoms with van der Waals surface area (Å²) in [5.41, 5.74) is 5.77. The minimum atomic E-state index is -4.30. The highest BCUT2D eigenvalue weighted by Crippen LogP contribution is 2.30. The van der Waals surface area contributed by atoms with Gasteiger partial charge in [-0.05, 0) is 37.9 Å². The maximum atomic E-state index is 12.8. The summed E-state index contributed by atoms with van der Waals surface area (Å²) in [4.78, 5) is 2.18. The number of nitrogens with two attached hydrogens (primary N) is 1. The molecule has 0 aliphatic carbocycles. The van der Waals surface area contributed by atoms with Crippen LogP contribution in [0.1, 0.15) is 44.7 Å². The zero-order valence-corrected chi connectivity index (χ0v) is 13.0. The van der Waals surface area contributed by atoms with E-state index in [1.54, 1.807) is 6.07 Å². The molecule has 120 valence electrons. The molecule has 1 aromatic carbocycles. The average molecular weight is 302 g/mol. The van der Waals surface area contributed by atoms with Gasteiger partial charge in [-0.1, -0.05) is 32.0 Å². The van der Waals surface area contributed by atoms with Crippen LogP contribution < -0.4 is 5.73 Å². The van der Waals surface area contributed by atoms with Crippen molar-refractivity contribution in [3.8, 4) is 0 Å². The average Bonchev–Trinajstić information content (AvgIpc) is 2.45. The van der Waals surface area contributed by atoms with E-state index in [0.29, 0.717) is 18.7 Å². The first-order valence-corrected chi connectivity index (χ1v) is 7.38. The standard InChI is InChI=1S/C16H25F3N2/c1-4-9-21(15(3,5-2)12-20)11-13-7-6-8-14(10-13)16(17,18)19/h6-8,10H,4-5,9,11-12,20H2,1-3H3. The summed E-state index contributed by atoms with van der Waals surface area (Å²) in [5.74, 6) is 0. The molecule has 0 saturated carbocycles. The summed E-state index contributed by atoms with van der Waals surface area (Å²) in [6.45, 7) is 7.98. The summed E-state index contributed by atoms with van der Waals surface area (Å²) >= 11 is 0. The molecular weight excluding hydrogens is 277 g/mol. The predicted molar refractivity (Wildman–Crippen MR) is 79.9 cm³/mol. The van der Waals surface area contributed by atoms with Crippen molar-refractivity contribution in [2.45, 2.75) is 51.9 Å². The predicted octanol–water partition coefficient (Wildman–Crippen LogP) is 4.04. The Bertz CT molecular complexity index is 439. The Balaban J connectivity index is 2.99. The number of benzene rings is 1. The third-order valence-corrected chi connectivity index (χ3v) is 4.09. The fourth-order valence-electron chi connectivity index (χ4n) is 2.37. The van der Waals surface area contributed by atoms with Gasteiger partial charge in [0.15, 0.2) is 0 Å². The van der Waals surface area contributed by atoms with Crippen LogP contribution in [0.25, 0.3) is 0 Å². The third kappa shape index (κ3) is 4.71. The van der Waals surface area contributed by atoms with Crippen molar-refractivity contribution < 1.29 is 13.2 Å². The molecule has 2 N–H and O–H groups in total. The van der Waals surface area contributed by atoms with E-state index < -0.39 is 11.7 Å². The molecule has 1 atom stereocenters. The third-order valence-electron chi connectivity index (χ3n) is 4.09. The first-order chi connectivity index (χ1) is 9.76. The van der Waals surface area contributed by atoms with Crippen molar-refractivity contribution in [1.29, 1.82) is 0 Å². The van der Waals surface area contributed by atoms with Gasteiger partial charge in [0.2, 0.25) is 0 Å². The molecule has 2 nitrogen and oxygen atoms in total. The summed E-state index contributed by atoms with van der Waals surface area (Å²) in [7, 11) is 0. The normalized spacial score (nSPS) is 15.2. The zero-order valence-electron chi connectivity index (χ0n) is 13.0. The molecule has 1 aromatic rings. The van der Waals surface area contributed by atoms with E-state index in [2.05, 4.69) is 25.7 Å². The molecule has 21 heavy (non-hydrogen) atoms. The highest BCUT2D eigenvalue weighted by molar-refractivity contribution is 5.25. The molecule has 0 spiro atoms. The van der Waals surface area contributed by atoms with Gasteiger partial charge in [0.25, 0.3) is 0 Å². The highest BCUT2D eigenvalue weighted by Gasteiger charge is 2.31. The smallest absolute Gasteiger partial charge is 0.329 e. The Morgan fingerprint density at radius 1 is 1.19 bits per heavy atom. The van der Waals surface area contributed by atoms with Gasteiger partial charge in [-0.2, -0.15) is 13.2 Å². The quantitative estimate of drug-likeness (QED) is 0.823. The second-order valence-corrected chi connectivity index (χ2v) is 5.67. The number of hydrogen-bond acceptors (Lipinski definition) is 2. The van der Waals surface area contributed by atoms with Gasteiger partial charge < -0.3 is 5.73 Å². The van der Waals surface area contributed by atoms with Gasteiger partial charge in [0.1, 0.15) is 0 Å². The van der Waals surface area contributed by atoms with Gasteiger partial charge in [0, 0.05) is 18.6 Å². The van der Waals surface area contributed by atoms with Gasteiger partial charge in [-0.3, -0.25) is 4.90 Å². The second kappa shape index (κ2) is 7.27. The lowest BCUT2D eigenvalue weighted by atomic mass is 9.95. The van der Waals surface area contributed by atoms with E-state index in [1.165, 1.54) is 12.1 Å². The number of halogens is 3. The first kappa shape index (κ1) is 18.0. The van der Waals surface area contributed by atoms with Gasteiger partial charge >= 0.3 is 6.18 Å².